The number of benzene rings is 1. The lowest BCUT2D eigenvalue weighted by Crippen LogP contribution is -2.70. The monoisotopic (exact) mass is 605 g/mol. The van der Waals surface area contributed by atoms with Crippen LogP contribution in [0.5, 0.6) is 5.75 Å². The number of hydrogen-bond donors (Lipinski definition) is 9. The summed E-state index contributed by atoms with van der Waals surface area (Å²) in [4.78, 5) is 12.3. The fourth-order valence-corrected chi connectivity index (χ4v) is 5.11. The van der Waals surface area contributed by atoms with Crippen molar-refractivity contribution in [3.8, 4) is 5.75 Å². The molecule has 0 spiro atoms. The second-order valence-electron chi connectivity index (χ2n) is 10.5. The molecule has 16 heteroatoms. The molecule has 3 aliphatic heterocycles. The minimum Gasteiger partial charge on any atom is -0.463 e. The minimum absolute atomic E-state index is 0.317. The highest BCUT2D eigenvalue weighted by Gasteiger charge is 2.55. The molecule has 0 bridgehead atoms. The van der Waals surface area contributed by atoms with E-state index >= 15 is 0 Å². The maximum absolute atomic E-state index is 12.3. The van der Waals surface area contributed by atoms with Crippen LogP contribution in [0.25, 0.3) is 0 Å². The summed E-state index contributed by atoms with van der Waals surface area (Å²) in [6.07, 6.45) is -21.4. The Morgan fingerprint density at radius 2 is 1.29 bits per heavy atom. The van der Waals surface area contributed by atoms with Crippen molar-refractivity contribution in [2.24, 2.45) is 0 Å². The topological polar surface area (TPSA) is 246 Å². The zero-order valence-electron chi connectivity index (χ0n) is 22.9. The van der Waals surface area contributed by atoms with Crippen LogP contribution in [0.3, 0.4) is 0 Å². The fourth-order valence-electron chi connectivity index (χ4n) is 5.11. The second kappa shape index (κ2) is 14.2. The Morgan fingerprint density at radius 1 is 0.738 bits per heavy atom. The average molecular weight is 606 g/mol. The molecule has 3 heterocycles. The van der Waals surface area contributed by atoms with Gasteiger partial charge in [0.25, 0.3) is 0 Å². The summed E-state index contributed by atoms with van der Waals surface area (Å²) < 4.78 is 35.1. The third kappa shape index (κ3) is 7.02. The van der Waals surface area contributed by atoms with Crippen molar-refractivity contribution < 1.29 is 74.1 Å². The molecule has 0 unspecified atom stereocenters. The molecule has 0 aromatic heterocycles. The molecule has 42 heavy (non-hydrogen) atoms. The Balaban J connectivity index is 1.71. The molecule has 0 radical (unpaired) electrons. The maximum Gasteiger partial charge on any atom is 0.223 e. The van der Waals surface area contributed by atoms with Crippen LogP contribution >= 0.6 is 0 Å². The first-order valence-corrected chi connectivity index (χ1v) is 13.5. The van der Waals surface area contributed by atoms with Crippen LogP contribution in [-0.4, -0.2) is 152 Å². The number of aliphatic hydroxyl groups excluding tert-OH is 8. The molecule has 1 aromatic carbocycles. The lowest BCUT2D eigenvalue weighted by molar-refractivity contribution is -0.368. The normalized spacial score (nSPS) is 44.4. The number of carbonyl (C=O) groups excluding carboxylic acids is 1. The van der Waals surface area contributed by atoms with Crippen LogP contribution in [-0.2, 0) is 28.5 Å². The number of aliphatic hydroxyl groups is 8. The molecule has 0 saturated carbocycles. The van der Waals surface area contributed by atoms with Crippen molar-refractivity contribution in [2.75, 3.05) is 13.2 Å². The van der Waals surface area contributed by atoms with Gasteiger partial charge >= 0.3 is 0 Å². The molecular formula is C26H39NO15. The van der Waals surface area contributed by atoms with Gasteiger partial charge in [0.05, 0.1) is 19.3 Å². The van der Waals surface area contributed by atoms with E-state index in [1.165, 1.54) is 13.8 Å². The van der Waals surface area contributed by atoms with E-state index in [1.54, 1.807) is 30.3 Å². The summed E-state index contributed by atoms with van der Waals surface area (Å²) in [5.41, 5.74) is 0. The summed E-state index contributed by atoms with van der Waals surface area (Å²) in [6.45, 7) is 1.17. The Kier molecular flexibility index (Phi) is 11.1. The Hall–Kier alpha value is -2.03. The zero-order valence-corrected chi connectivity index (χ0v) is 22.9. The summed E-state index contributed by atoms with van der Waals surface area (Å²) in [7, 11) is 0. The minimum atomic E-state index is -1.85. The lowest BCUT2D eigenvalue weighted by atomic mass is 9.94. The van der Waals surface area contributed by atoms with Gasteiger partial charge in [0.2, 0.25) is 12.2 Å². The van der Waals surface area contributed by atoms with E-state index in [1.807, 2.05) is 0 Å². The molecule has 3 aliphatic rings. The van der Waals surface area contributed by atoms with Gasteiger partial charge in [-0.25, -0.2) is 0 Å². The van der Waals surface area contributed by atoms with Gasteiger partial charge in [0.1, 0.15) is 72.8 Å². The maximum atomic E-state index is 12.3. The first-order chi connectivity index (χ1) is 20.0. The Bertz CT molecular complexity index is 1000. The van der Waals surface area contributed by atoms with Gasteiger partial charge in [-0.05, 0) is 19.1 Å². The predicted octanol–water partition coefficient (Wildman–Crippen LogP) is -4.31. The number of para-hydroxylation sites is 1. The molecule has 3 fully saturated rings. The zero-order chi connectivity index (χ0) is 30.7. The van der Waals surface area contributed by atoms with E-state index in [9.17, 15) is 45.6 Å². The van der Waals surface area contributed by atoms with Crippen molar-refractivity contribution in [1.82, 2.24) is 5.32 Å². The van der Waals surface area contributed by atoms with E-state index in [4.69, 9.17) is 28.4 Å². The smallest absolute Gasteiger partial charge is 0.223 e. The van der Waals surface area contributed by atoms with Crippen molar-refractivity contribution in [3.05, 3.63) is 30.3 Å². The van der Waals surface area contributed by atoms with Crippen LogP contribution in [0.4, 0.5) is 0 Å². The molecule has 1 amide bonds. The largest absolute Gasteiger partial charge is 0.463 e. The van der Waals surface area contributed by atoms with Gasteiger partial charge in [0, 0.05) is 6.92 Å². The third-order valence-electron chi connectivity index (χ3n) is 7.43. The van der Waals surface area contributed by atoms with Crippen molar-refractivity contribution in [2.45, 2.75) is 106 Å². The average Bonchev–Trinajstić information content (AvgIpc) is 2.97. The van der Waals surface area contributed by atoms with E-state index in [2.05, 4.69) is 5.32 Å². The van der Waals surface area contributed by atoms with Crippen LogP contribution in [0.2, 0.25) is 0 Å². The third-order valence-corrected chi connectivity index (χ3v) is 7.43. The SMILES string of the molecule is CC(=O)N[C@@H]1[C@H](Oc2ccccc2)O[C@@H](CO)[C@H](O[C@@H]2O[C@@H](C)[C@H](O)[C@H](O)[C@@H]2O)[C@H]1O[C@@H]1O[C@@H](CO)[C@H](O)[C@H](O)[C@@H]1O. The first kappa shape index (κ1) is 32.9. The van der Waals surface area contributed by atoms with E-state index in [-0.39, 0.29) is 0 Å². The summed E-state index contributed by atoms with van der Waals surface area (Å²) in [5.74, 6) is -0.257. The standard InChI is InChI=1S/C26H39NO15/c1-10-16(31)18(33)20(35)25(37-10)41-22-14(9-29)40-24(38-12-6-4-3-5-7-12)15(27-11(2)30)23(22)42-26-21(36)19(34)17(32)13(8-28)39-26/h3-7,10,13-26,28-29,31-36H,8-9H2,1-2H3,(H,27,30)/t10-,13-,14-,15-,16-,17-,18-,19-,20-,21-,22-,23-,24+,25-,26-/m0/s1. The molecule has 16 nitrogen and oxygen atoms in total. The van der Waals surface area contributed by atoms with Crippen molar-refractivity contribution >= 4 is 5.91 Å². The molecule has 4 rings (SSSR count). The van der Waals surface area contributed by atoms with Crippen LogP contribution in [0.1, 0.15) is 13.8 Å². The van der Waals surface area contributed by atoms with Gasteiger partial charge in [-0.1, -0.05) is 18.2 Å². The number of hydrogen-bond acceptors (Lipinski definition) is 15. The number of amides is 1. The van der Waals surface area contributed by atoms with Gasteiger partial charge in [-0.2, -0.15) is 0 Å². The van der Waals surface area contributed by atoms with Crippen LogP contribution < -0.4 is 10.1 Å². The number of ether oxygens (including phenoxy) is 6. The second-order valence-corrected chi connectivity index (χ2v) is 10.5. The van der Waals surface area contributed by atoms with E-state index < -0.39 is 111 Å². The highest BCUT2D eigenvalue weighted by Crippen LogP contribution is 2.34. The van der Waals surface area contributed by atoms with Crippen molar-refractivity contribution in [1.29, 1.82) is 0 Å². The molecular weight excluding hydrogens is 566 g/mol. The van der Waals surface area contributed by atoms with Crippen molar-refractivity contribution in [3.63, 3.8) is 0 Å². The fraction of sp³-hybridized carbons (Fsp3) is 0.731. The highest BCUT2D eigenvalue weighted by molar-refractivity contribution is 5.73. The van der Waals surface area contributed by atoms with Crippen LogP contribution in [0.15, 0.2) is 30.3 Å². The number of carbonyl (C=O) groups is 1. The first-order valence-electron chi connectivity index (χ1n) is 13.5. The number of nitrogens with one attached hydrogen (secondary N) is 1. The summed E-state index contributed by atoms with van der Waals surface area (Å²) in [5, 5.41) is 84.8. The Labute approximate surface area is 240 Å². The van der Waals surface area contributed by atoms with E-state index in [0.717, 1.165) is 0 Å². The molecule has 9 N–H and O–H groups in total. The molecule has 238 valence electrons. The molecule has 0 aliphatic carbocycles. The lowest BCUT2D eigenvalue weighted by Gasteiger charge is -2.50. The molecule has 15 atom stereocenters. The highest BCUT2D eigenvalue weighted by atomic mass is 16.8. The van der Waals surface area contributed by atoms with Gasteiger partial charge in [-0.15, -0.1) is 0 Å². The number of rotatable bonds is 9. The Morgan fingerprint density at radius 3 is 1.88 bits per heavy atom. The summed E-state index contributed by atoms with van der Waals surface area (Å²) in [6, 6.07) is 7.07. The molecule has 1 aromatic rings. The van der Waals surface area contributed by atoms with E-state index in [0.29, 0.717) is 5.75 Å². The van der Waals surface area contributed by atoms with Gasteiger partial charge in [0.15, 0.2) is 12.6 Å². The van der Waals surface area contributed by atoms with Gasteiger partial charge < -0.3 is 74.6 Å². The quantitative estimate of drug-likeness (QED) is 0.129. The van der Waals surface area contributed by atoms with Gasteiger partial charge in [-0.3, -0.25) is 4.79 Å². The summed E-state index contributed by atoms with van der Waals surface area (Å²) >= 11 is 0. The molecule has 3 saturated heterocycles. The van der Waals surface area contributed by atoms with Crippen LogP contribution in [0, 0.1) is 0 Å². The predicted molar refractivity (Wildman–Crippen MR) is 136 cm³/mol.